The Morgan fingerprint density at radius 1 is 1.47 bits per heavy atom. The van der Waals surface area contributed by atoms with Crippen molar-refractivity contribution in [1.29, 1.82) is 0 Å². The highest BCUT2D eigenvalue weighted by Gasteiger charge is 2.42. The van der Waals surface area contributed by atoms with Gasteiger partial charge in [-0.2, -0.15) is 0 Å². The number of rotatable bonds is 2. The van der Waals surface area contributed by atoms with Gasteiger partial charge in [-0.3, -0.25) is 9.59 Å². The molecule has 84 valence electrons. The first-order chi connectivity index (χ1) is 7.09. The van der Waals surface area contributed by atoms with Crippen LogP contribution in [-0.4, -0.2) is 35.3 Å². The van der Waals surface area contributed by atoms with E-state index < -0.39 is 0 Å². The van der Waals surface area contributed by atoms with Crippen molar-refractivity contribution in [2.24, 2.45) is 5.92 Å². The Morgan fingerprint density at radius 3 is 2.87 bits per heavy atom. The molecule has 0 aromatic heterocycles. The van der Waals surface area contributed by atoms with Crippen LogP contribution in [0, 0.1) is 5.92 Å². The Kier molecular flexibility index (Phi) is 2.67. The minimum atomic E-state index is -0.285. The van der Waals surface area contributed by atoms with Crippen molar-refractivity contribution in [2.45, 2.75) is 45.2 Å². The van der Waals surface area contributed by atoms with E-state index in [4.69, 9.17) is 0 Å². The normalized spacial score (nSPS) is 30.7. The number of piperazine rings is 1. The number of nitrogens with zero attached hydrogens (tertiary/aromatic N) is 1. The number of fused-ring (bicyclic) bond motifs is 1. The molecule has 0 radical (unpaired) electrons. The van der Waals surface area contributed by atoms with Crippen molar-refractivity contribution in [1.82, 2.24) is 10.2 Å². The molecule has 0 aliphatic carbocycles. The SMILES string of the molecule is CC(C)CC1NC(=O)C2CCCN2C1=O. The molecule has 0 aromatic carbocycles. The summed E-state index contributed by atoms with van der Waals surface area (Å²) in [7, 11) is 0. The van der Waals surface area contributed by atoms with E-state index in [1.54, 1.807) is 4.90 Å². The summed E-state index contributed by atoms with van der Waals surface area (Å²) in [5, 5.41) is 2.84. The molecular weight excluding hydrogens is 192 g/mol. The molecule has 2 saturated heterocycles. The average molecular weight is 210 g/mol. The minimum Gasteiger partial charge on any atom is -0.342 e. The zero-order valence-electron chi connectivity index (χ0n) is 9.32. The van der Waals surface area contributed by atoms with Gasteiger partial charge in [0.2, 0.25) is 11.8 Å². The first-order valence-corrected chi connectivity index (χ1v) is 5.70. The van der Waals surface area contributed by atoms with Crippen LogP contribution in [-0.2, 0) is 9.59 Å². The van der Waals surface area contributed by atoms with Gasteiger partial charge in [0.1, 0.15) is 12.1 Å². The summed E-state index contributed by atoms with van der Waals surface area (Å²) >= 11 is 0. The van der Waals surface area contributed by atoms with Crippen molar-refractivity contribution in [3.63, 3.8) is 0 Å². The van der Waals surface area contributed by atoms with Crippen molar-refractivity contribution >= 4 is 11.8 Å². The summed E-state index contributed by atoms with van der Waals surface area (Å²) in [5.74, 6) is 0.585. The van der Waals surface area contributed by atoms with Crippen LogP contribution in [0.4, 0.5) is 0 Å². The van der Waals surface area contributed by atoms with E-state index in [9.17, 15) is 9.59 Å². The average Bonchev–Trinajstić information content (AvgIpc) is 2.61. The number of amides is 2. The molecule has 2 atom stereocenters. The summed E-state index contributed by atoms with van der Waals surface area (Å²) in [4.78, 5) is 25.5. The summed E-state index contributed by atoms with van der Waals surface area (Å²) in [5.41, 5.74) is 0. The van der Waals surface area contributed by atoms with Crippen LogP contribution < -0.4 is 5.32 Å². The third kappa shape index (κ3) is 1.85. The fraction of sp³-hybridized carbons (Fsp3) is 0.818. The maximum Gasteiger partial charge on any atom is 0.245 e. The van der Waals surface area contributed by atoms with E-state index in [0.717, 1.165) is 25.8 Å². The molecule has 2 rings (SSSR count). The molecule has 2 aliphatic heterocycles. The molecular formula is C11H18N2O2. The molecule has 0 spiro atoms. The van der Waals surface area contributed by atoms with E-state index in [2.05, 4.69) is 19.2 Å². The van der Waals surface area contributed by atoms with Crippen molar-refractivity contribution < 1.29 is 9.59 Å². The lowest BCUT2D eigenvalue weighted by molar-refractivity contribution is -0.147. The number of carbonyl (C=O) groups excluding carboxylic acids is 2. The highest BCUT2D eigenvalue weighted by molar-refractivity contribution is 5.97. The fourth-order valence-corrected chi connectivity index (χ4v) is 2.46. The Hall–Kier alpha value is -1.06. The van der Waals surface area contributed by atoms with Gasteiger partial charge < -0.3 is 10.2 Å². The standard InChI is InChI=1S/C11H18N2O2/c1-7(2)6-8-11(15)13-5-3-4-9(13)10(14)12-8/h7-9H,3-6H2,1-2H3,(H,12,14). The van der Waals surface area contributed by atoms with Crippen LogP contribution in [0.3, 0.4) is 0 Å². The van der Waals surface area contributed by atoms with E-state index in [1.807, 2.05) is 0 Å². The third-order valence-corrected chi connectivity index (χ3v) is 3.16. The largest absolute Gasteiger partial charge is 0.342 e. The zero-order valence-corrected chi connectivity index (χ0v) is 9.32. The maximum absolute atomic E-state index is 12.0. The van der Waals surface area contributed by atoms with Crippen LogP contribution in [0.1, 0.15) is 33.1 Å². The van der Waals surface area contributed by atoms with E-state index in [-0.39, 0.29) is 23.9 Å². The zero-order chi connectivity index (χ0) is 11.0. The molecule has 2 unspecified atom stereocenters. The van der Waals surface area contributed by atoms with Crippen molar-refractivity contribution in [3.05, 3.63) is 0 Å². The first-order valence-electron chi connectivity index (χ1n) is 5.70. The Morgan fingerprint density at radius 2 is 2.20 bits per heavy atom. The van der Waals surface area contributed by atoms with Gasteiger partial charge in [-0.15, -0.1) is 0 Å². The molecule has 15 heavy (non-hydrogen) atoms. The molecule has 2 amide bonds. The van der Waals surface area contributed by atoms with Crippen LogP contribution >= 0.6 is 0 Å². The Balaban J connectivity index is 2.10. The van der Waals surface area contributed by atoms with Gasteiger partial charge in [0.25, 0.3) is 0 Å². The Bertz CT molecular complexity index is 288. The van der Waals surface area contributed by atoms with Gasteiger partial charge >= 0.3 is 0 Å². The van der Waals surface area contributed by atoms with Crippen LogP contribution in [0.15, 0.2) is 0 Å². The molecule has 4 nitrogen and oxygen atoms in total. The van der Waals surface area contributed by atoms with Crippen LogP contribution in [0.2, 0.25) is 0 Å². The van der Waals surface area contributed by atoms with Gasteiger partial charge in [-0.1, -0.05) is 13.8 Å². The molecule has 1 N–H and O–H groups in total. The predicted octanol–water partition coefficient (Wildman–Crippen LogP) is 0.522. The smallest absolute Gasteiger partial charge is 0.245 e. The number of hydrogen-bond donors (Lipinski definition) is 1. The third-order valence-electron chi connectivity index (χ3n) is 3.16. The van der Waals surface area contributed by atoms with Gasteiger partial charge in [0.05, 0.1) is 0 Å². The molecule has 2 fully saturated rings. The van der Waals surface area contributed by atoms with Gasteiger partial charge in [-0.05, 0) is 25.2 Å². The summed E-state index contributed by atoms with van der Waals surface area (Å²) < 4.78 is 0. The molecule has 2 heterocycles. The summed E-state index contributed by atoms with van der Waals surface area (Å²) in [6, 6.07) is -0.465. The lowest BCUT2D eigenvalue weighted by Crippen LogP contribution is -2.61. The highest BCUT2D eigenvalue weighted by atomic mass is 16.2. The summed E-state index contributed by atoms with van der Waals surface area (Å²) in [6.07, 6.45) is 2.53. The molecule has 0 saturated carbocycles. The minimum absolute atomic E-state index is 0.0396. The van der Waals surface area contributed by atoms with Gasteiger partial charge in [-0.25, -0.2) is 0 Å². The maximum atomic E-state index is 12.0. The van der Waals surface area contributed by atoms with Crippen LogP contribution in [0.5, 0.6) is 0 Å². The Labute approximate surface area is 90.0 Å². The van der Waals surface area contributed by atoms with Gasteiger partial charge in [0, 0.05) is 6.54 Å². The number of nitrogens with one attached hydrogen (secondary N) is 1. The van der Waals surface area contributed by atoms with E-state index in [1.165, 1.54) is 0 Å². The van der Waals surface area contributed by atoms with Crippen LogP contribution in [0.25, 0.3) is 0 Å². The molecule has 2 aliphatic rings. The topological polar surface area (TPSA) is 49.4 Å². The summed E-state index contributed by atoms with van der Waals surface area (Å²) in [6.45, 7) is 4.89. The molecule has 0 bridgehead atoms. The second-order valence-electron chi connectivity index (χ2n) is 4.88. The monoisotopic (exact) mass is 210 g/mol. The molecule has 0 aromatic rings. The van der Waals surface area contributed by atoms with E-state index >= 15 is 0 Å². The highest BCUT2D eigenvalue weighted by Crippen LogP contribution is 2.23. The number of hydrogen-bond acceptors (Lipinski definition) is 2. The lowest BCUT2D eigenvalue weighted by atomic mass is 9.99. The predicted molar refractivity (Wildman–Crippen MR) is 56.1 cm³/mol. The quantitative estimate of drug-likeness (QED) is 0.722. The first kappa shape index (κ1) is 10.5. The van der Waals surface area contributed by atoms with Crippen molar-refractivity contribution in [3.8, 4) is 0 Å². The second-order valence-corrected chi connectivity index (χ2v) is 4.88. The molecule has 4 heteroatoms. The van der Waals surface area contributed by atoms with Crippen molar-refractivity contribution in [2.75, 3.05) is 6.54 Å². The lowest BCUT2D eigenvalue weighted by Gasteiger charge is -2.35. The number of carbonyl (C=O) groups is 2. The fourth-order valence-electron chi connectivity index (χ4n) is 2.46. The second kappa shape index (κ2) is 3.83. The van der Waals surface area contributed by atoms with Gasteiger partial charge in [0.15, 0.2) is 0 Å². The van der Waals surface area contributed by atoms with E-state index in [0.29, 0.717) is 5.92 Å².